The molecule has 0 aliphatic heterocycles. The first-order valence-corrected chi connectivity index (χ1v) is 13.4. The lowest BCUT2D eigenvalue weighted by Crippen LogP contribution is -2.46. The van der Waals surface area contributed by atoms with Crippen molar-refractivity contribution in [2.24, 2.45) is 0 Å². The van der Waals surface area contributed by atoms with Crippen LogP contribution in [0.3, 0.4) is 0 Å². The number of nitrogens with one attached hydrogen (secondary N) is 1. The van der Waals surface area contributed by atoms with E-state index < -0.39 is 0 Å². The van der Waals surface area contributed by atoms with Crippen molar-refractivity contribution in [3.05, 3.63) is 105 Å². The van der Waals surface area contributed by atoms with E-state index in [0.717, 1.165) is 36.9 Å². The third-order valence-corrected chi connectivity index (χ3v) is 7.34. The molecule has 190 valence electrons. The summed E-state index contributed by atoms with van der Waals surface area (Å²) in [6.45, 7) is 0.516. The molecular weight excluding hydrogens is 529 g/mol. The summed E-state index contributed by atoms with van der Waals surface area (Å²) in [5, 5.41) is 4.77. The van der Waals surface area contributed by atoms with Crippen LogP contribution in [0, 0.1) is 0 Å². The lowest BCUT2D eigenvalue weighted by molar-refractivity contribution is -0.00466. The Morgan fingerprint density at radius 1 is 0.946 bits per heavy atom. The van der Waals surface area contributed by atoms with Gasteiger partial charge in [-0.1, -0.05) is 78.0 Å². The van der Waals surface area contributed by atoms with Gasteiger partial charge in [-0.25, -0.2) is 4.98 Å². The van der Waals surface area contributed by atoms with Gasteiger partial charge in [0.15, 0.2) is 0 Å². The fraction of sp³-hybridized carbons (Fsp3) is 0.241. The molecule has 0 saturated heterocycles. The number of benzene rings is 3. The SMILES string of the molecule is O=C(N[C@@H]1CCCC[C@H]1OCc1ccccc1)c1cn(-c2ccc(Cl)cc2)c(-c2ccc(Cl)cc2Cl)n1. The third kappa shape index (κ3) is 6.19. The Hall–Kier alpha value is -2.83. The van der Waals surface area contributed by atoms with Gasteiger partial charge in [-0.15, -0.1) is 0 Å². The number of halogens is 3. The van der Waals surface area contributed by atoms with E-state index in [1.54, 1.807) is 36.5 Å². The van der Waals surface area contributed by atoms with Gasteiger partial charge >= 0.3 is 0 Å². The molecule has 0 spiro atoms. The minimum Gasteiger partial charge on any atom is -0.371 e. The van der Waals surface area contributed by atoms with Gasteiger partial charge in [-0.05, 0) is 60.9 Å². The summed E-state index contributed by atoms with van der Waals surface area (Å²) in [7, 11) is 0. The van der Waals surface area contributed by atoms with Crippen LogP contribution in [0.5, 0.6) is 0 Å². The number of nitrogens with zero attached hydrogens (tertiary/aromatic N) is 2. The quantitative estimate of drug-likeness (QED) is 0.254. The van der Waals surface area contributed by atoms with Crippen LogP contribution in [0.2, 0.25) is 15.1 Å². The molecule has 4 aromatic rings. The third-order valence-electron chi connectivity index (χ3n) is 6.54. The summed E-state index contributed by atoms with van der Waals surface area (Å²) < 4.78 is 8.08. The van der Waals surface area contributed by atoms with Crippen molar-refractivity contribution in [1.29, 1.82) is 0 Å². The summed E-state index contributed by atoms with van der Waals surface area (Å²) in [4.78, 5) is 18.1. The Morgan fingerprint density at radius 3 is 2.43 bits per heavy atom. The van der Waals surface area contributed by atoms with Crippen LogP contribution in [0.1, 0.15) is 41.7 Å². The smallest absolute Gasteiger partial charge is 0.271 e. The van der Waals surface area contributed by atoms with Gasteiger partial charge in [0.1, 0.15) is 11.5 Å². The van der Waals surface area contributed by atoms with Gasteiger partial charge in [0.05, 0.1) is 23.8 Å². The number of carbonyl (C=O) groups excluding carboxylic acids is 1. The number of aromatic nitrogens is 2. The monoisotopic (exact) mass is 553 g/mol. The molecule has 5 rings (SSSR count). The maximum atomic E-state index is 13.4. The van der Waals surface area contributed by atoms with E-state index in [-0.39, 0.29) is 18.1 Å². The fourth-order valence-corrected chi connectivity index (χ4v) is 5.25. The molecule has 1 aliphatic rings. The second-order valence-corrected chi connectivity index (χ2v) is 10.4. The molecule has 3 aromatic carbocycles. The van der Waals surface area contributed by atoms with E-state index in [0.29, 0.717) is 38.8 Å². The van der Waals surface area contributed by atoms with Gasteiger partial charge in [-0.2, -0.15) is 0 Å². The lowest BCUT2D eigenvalue weighted by atomic mass is 9.92. The van der Waals surface area contributed by atoms with Crippen molar-refractivity contribution in [3.63, 3.8) is 0 Å². The zero-order chi connectivity index (χ0) is 25.8. The molecule has 1 heterocycles. The minimum atomic E-state index is -0.251. The van der Waals surface area contributed by atoms with E-state index >= 15 is 0 Å². The molecule has 1 fully saturated rings. The second kappa shape index (κ2) is 11.7. The normalized spacial score (nSPS) is 17.5. The molecule has 1 aromatic heterocycles. The van der Waals surface area contributed by atoms with E-state index in [9.17, 15) is 4.79 Å². The number of hydrogen-bond acceptors (Lipinski definition) is 3. The van der Waals surface area contributed by atoms with Crippen molar-refractivity contribution >= 4 is 40.7 Å². The number of carbonyl (C=O) groups is 1. The van der Waals surface area contributed by atoms with Crippen LogP contribution in [0.15, 0.2) is 79.0 Å². The average Bonchev–Trinajstić information content (AvgIpc) is 3.34. The van der Waals surface area contributed by atoms with Gasteiger partial charge < -0.3 is 10.1 Å². The number of imidazole rings is 1. The average molecular weight is 555 g/mol. The van der Waals surface area contributed by atoms with Crippen molar-refractivity contribution in [3.8, 4) is 17.1 Å². The van der Waals surface area contributed by atoms with E-state index in [2.05, 4.69) is 5.32 Å². The molecular formula is C29H26Cl3N3O2. The van der Waals surface area contributed by atoms with E-state index in [4.69, 9.17) is 44.5 Å². The number of hydrogen-bond donors (Lipinski definition) is 1. The molecule has 2 atom stereocenters. The molecule has 0 radical (unpaired) electrons. The molecule has 1 amide bonds. The predicted molar refractivity (Wildman–Crippen MR) is 149 cm³/mol. The number of ether oxygens (including phenoxy) is 1. The van der Waals surface area contributed by atoms with Crippen molar-refractivity contribution in [1.82, 2.24) is 14.9 Å². The van der Waals surface area contributed by atoms with Crippen LogP contribution in [0.25, 0.3) is 17.1 Å². The van der Waals surface area contributed by atoms with Crippen LogP contribution in [0.4, 0.5) is 0 Å². The Bertz CT molecular complexity index is 1370. The van der Waals surface area contributed by atoms with Crippen LogP contribution in [-0.4, -0.2) is 27.6 Å². The topological polar surface area (TPSA) is 56.1 Å². The summed E-state index contributed by atoms with van der Waals surface area (Å²) in [5.41, 5.74) is 2.88. The predicted octanol–water partition coefficient (Wildman–Crippen LogP) is 7.76. The zero-order valence-electron chi connectivity index (χ0n) is 20.0. The van der Waals surface area contributed by atoms with Crippen molar-refractivity contribution in [2.75, 3.05) is 0 Å². The largest absolute Gasteiger partial charge is 0.371 e. The molecule has 1 saturated carbocycles. The highest BCUT2D eigenvalue weighted by molar-refractivity contribution is 6.36. The maximum absolute atomic E-state index is 13.4. The molecule has 1 N–H and O–H groups in total. The van der Waals surface area contributed by atoms with Crippen molar-refractivity contribution in [2.45, 2.75) is 44.4 Å². The Balaban J connectivity index is 1.40. The van der Waals surface area contributed by atoms with Crippen molar-refractivity contribution < 1.29 is 9.53 Å². The van der Waals surface area contributed by atoms with Crippen LogP contribution in [-0.2, 0) is 11.3 Å². The number of amides is 1. The first-order chi connectivity index (χ1) is 18.0. The summed E-state index contributed by atoms with van der Waals surface area (Å²) in [6.07, 6.45) is 5.56. The molecule has 8 heteroatoms. The first-order valence-electron chi connectivity index (χ1n) is 12.2. The molecule has 0 unspecified atom stereocenters. The Morgan fingerprint density at radius 2 is 1.68 bits per heavy atom. The summed E-state index contributed by atoms with van der Waals surface area (Å²) in [5.74, 6) is 0.286. The Kier molecular flexibility index (Phi) is 8.16. The van der Waals surface area contributed by atoms with E-state index in [1.165, 1.54) is 0 Å². The molecule has 1 aliphatic carbocycles. The van der Waals surface area contributed by atoms with E-state index in [1.807, 2.05) is 47.0 Å². The van der Waals surface area contributed by atoms with Gasteiger partial charge in [-0.3, -0.25) is 9.36 Å². The molecule has 0 bridgehead atoms. The first kappa shape index (κ1) is 25.8. The summed E-state index contributed by atoms with van der Waals surface area (Å²) in [6, 6.07) is 22.5. The second-order valence-electron chi connectivity index (χ2n) is 9.12. The van der Waals surface area contributed by atoms with Gasteiger partial charge in [0.2, 0.25) is 0 Å². The maximum Gasteiger partial charge on any atom is 0.271 e. The highest BCUT2D eigenvalue weighted by Crippen LogP contribution is 2.32. The number of rotatable bonds is 7. The highest BCUT2D eigenvalue weighted by Gasteiger charge is 2.29. The highest BCUT2D eigenvalue weighted by atomic mass is 35.5. The van der Waals surface area contributed by atoms with Gasteiger partial charge in [0.25, 0.3) is 5.91 Å². The van der Waals surface area contributed by atoms with Crippen LogP contribution < -0.4 is 5.32 Å². The molecule has 5 nitrogen and oxygen atoms in total. The zero-order valence-corrected chi connectivity index (χ0v) is 22.3. The van der Waals surface area contributed by atoms with Gasteiger partial charge in [0, 0.05) is 27.5 Å². The Labute approximate surface area is 231 Å². The fourth-order valence-electron chi connectivity index (χ4n) is 4.63. The molecule has 37 heavy (non-hydrogen) atoms. The lowest BCUT2D eigenvalue weighted by Gasteiger charge is -2.32. The minimum absolute atomic E-state index is 0.0542. The van der Waals surface area contributed by atoms with Crippen LogP contribution >= 0.6 is 34.8 Å². The standard InChI is InChI=1S/C29H26Cl3N3O2/c30-20-10-13-22(14-11-20)35-17-26(33-28(35)23-15-12-21(31)16-24(23)32)29(36)34-25-8-4-5-9-27(25)37-18-19-6-2-1-3-7-19/h1-3,6-7,10-17,25,27H,4-5,8-9,18H2,(H,34,36)/t25-,27-/m1/s1. The summed E-state index contributed by atoms with van der Waals surface area (Å²) >= 11 is 18.7.